The van der Waals surface area contributed by atoms with E-state index in [0.717, 1.165) is 0 Å². The van der Waals surface area contributed by atoms with E-state index in [9.17, 15) is 60.7 Å². The number of alkyl halides is 10. The molecule has 0 aromatic rings. The van der Waals surface area contributed by atoms with Crippen LogP contribution in [0.3, 0.4) is 0 Å². The van der Waals surface area contributed by atoms with E-state index < -0.39 is 42.9 Å². The van der Waals surface area contributed by atoms with Gasteiger partial charge in [0.15, 0.2) is 20.0 Å². The van der Waals surface area contributed by atoms with E-state index in [1.165, 1.54) is 45.3 Å². The Bertz CT molecular complexity index is 700. The van der Waals surface area contributed by atoms with Crippen molar-refractivity contribution in [3.63, 3.8) is 0 Å². The summed E-state index contributed by atoms with van der Waals surface area (Å²) in [5.74, 6) is 0. The predicted octanol–water partition coefficient (Wildman–Crippen LogP) is 2.80. The highest BCUT2D eigenvalue weighted by atomic mass is 32.3. The lowest BCUT2D eigenvalue weighted by molar-refractivity contribution is -0.904. The third-order valence-electron chi connectivity index (χ3n) is 3.67. The van der Waals surface area contributed by atoms with Gasteiger partial charge in [0, 0.05) is 0 Å². The Morgan fingerprint density at radius 3 is 1.30 bits per heavy atom. The average molecular weight is 508 g/mol. The maximum atomic E-state index is 12.3. The third-order valence-corrected chi connectivity index (χ3v) is 7.00. The van der Waals surface area contributed by atoms with E-state index in [2.05, 4.69) is 6.92 Å². The van der Waals surface area contributed by atoms with Gasteiger partial charge in [-0.15, -0.1) is 0 Å². The summed E-state index contributed by atoms with van der Waals surface area (Å²) in [6.45, 7) is 6.56. The Morgan fingerprint density at radius 2 is 1.03 bits per heavy atom. The van der Waals surface area contributed by atoms with E-state index in [4.69, 9.17) is 0 Å². The zero-order chi connectivity index (χ0) is 24.2. The summed E-state index contributed by atoms with van der Waals surface area (Å²) in [5, 5.41) is -14.0. The minimum absolute atomic E-state index is 0.422. The van der Waals surface area contributed by atoms with Crippen molar-refractivity contribution < 1.29 is 65.6 Å². The molecular formula is C12H18F10N2O4S2. The monoisotopic (exact) mass is 508 g/mol. The molecule has 0 atom stereocenters. The molecule has 6 nitrogen and oxygen atoms in total. The molecule has 1 saturated heterocycles. The number of hydrogen-bond donors (Lipinski definition) is 1. The summed E-state index contributed by atoms with van der Waals surface area (Å²) < 4.78 is 161. The molecular weight excluding hydrogens is 490 g/mol. The fourth-order valence-electron chi connectivity index (χ4n) is 2.17. The van der Waals surface area contributed by atoms with Crippen molar-refractivity contribution in [1.82, 2.24) is 0 Å². The van der Waals surface area contributed by atoms with Crippen LogP contribution in [0.4, 0.5) is 43.9 Å². The van der Waals surface area contributed by atoms with Gasteiger partial charge in [-0.25, -0.2) is 16.8 Å². The Labute approximate surface area is 165 Å². The molecule has 0 amide bonds. The van der Waals surface area contributed by atoms with Crippen molar-refractivity contribution in [2.75, 3.05) is 19.6 Å². The summed E-state index contributed by atoms with van der Waals surface area (Å²) in [6.07, 6.45) is -8.23. The fourth-order valence-corrected chi connectivity index (χ4v) is 4.54. The molecule has 1 aliphatic heterocycles. The number of likely N-dealkylation sites (tertiary alicyclic amines) is 1. The van der Waals surface area contributed by atoms with Gasteiger partial charge in [0.05, 0.1) is 19.6 Å². The number of nitrogens with one attached hydrogen (secondary N) is 1. The minimum Gasteiger partial charge on any atom is -0.425 e. The van der Waals surface area contributed by atoms with Crippen molar-refractivity contribution in [3.05, 3.63) is 4.13 Å². The Kier molecular flexibility index (Phi) is 9.44. The number of quaternary nitrogens is 1. The molecule has 1 N–H and O–H groups in total. The van der Waals surface area contributed by atoms with Crippen LogP contribution in [0.1, 0.15) is 32.6 Å². The molecule has 18 heteroatoms. The first-order valence-electron chi connectivity index (χ1n) is 8.10. The Morgan fingerprint density at radius 1 is 0.700 bits per heavy atom. The summed E-state index contributed by atoms with van der Waals surface area (Å²) >= 11 is 0. The smallest absolute Gasteiger partial charge is 0.425 e. The first kappa shape index (κ1) is 29.1. The predicted molar refractivity (Wildman–Crippen MR) is 82.9 cm³/mol. The van der Waals surface area contributed by atoms with Gasteiger partial charge in [-0.1, -0.05) is 6.92 Å². The number of hydrogen-bond acceptors (Lipinski definition) is 4. The average Bonchev–Trinajstić information content (AvgIpc) is 2.53. The van der Waals surface area contributed by atoms with E-state index in [1.54, 1.807) is 0 Å². The van der Waals surface area contributed by atoms with Gasteiger partial charge >= 0.3 is 22.9 Å². The van der Waals surface area contributed by atoms with Crippen LogP contribution in [-0.2, 0) is 20.0 Å². The Balaban J connectivity index is 0.000000769. The van der Waals surface area contributed by atoms with Crippen molar-refractivity contribution in [1.29, 1.82) is 0 Å². The second-order valence-electron chi connectivity index (χ2n) is 6.11. The number of halogens is 10. The van der Waals surface area contributed by atoms with Crippen LogP contribution in [0.5, 0.6) is 0 Å². The molecule has 0 saturated carbocycles. The first-order chi connectivity index (χ1) is 13.1. The lowest BCUT2D eigenvalue weighted by Gasteiger charge is -2.31. The third kappa shape index (κ3) is 6.81. The SMILES string of the molecule is CCC[NH+]1CCCCC1.O=S(=O)([N-]S(=O)(=O)C(F)(F)C(F)(F)F)C(F)(F)C(F)(F)F. The topological polar surface area (TPSA) is 86.8 Å². The molecule has 0 aromatic carbocycles. The second-order valence-corrected chi connectivity index (χ2v) is 9.64. The largest absolute Gasteiger partial charge is 0.467 e. The van der Waals surface area contributed by atoms with Gasteiger partial charge in [0.1, 0.15) is 0 Å². The maximum absolute atomic E-state index is 12.3. The summed E-state index contributed by atoms with van der Waals surface area (Å²) in [4.78, 5) is 1.84. The highest BCUT2D eigenvalue weighted by Gasteiger charge is 2.68. The molecule has 0 unspecified atom stereocenters. The highest BCUT2D eigenvalue weighted by Crippen LogP contribution is 2.47. The molecule has 1 rings (SSSR count). The van der Waals surface area contributed by atoms with Crippen LogP contribution in [0.2, 0.25) is 0 Å². The van der Waals surface area contributed by atoms with Crippen LogP contribution in [-0.4, -0.2) is 59.3 Å². The molecule has 1 fully saturated rings. The van der Waals surface area contributed by atoms with Gasteiger partial charge in [-0.2, -0.15) is 43.9 Å². The fraction of sp³-hybridized carbons (Fsp3) is 1.00. The zero-order valence-corrected chi connectivity index (χ0v) is 16.8. The summed E-state index contributed by atoms with van der Waals surface area (Å²) in [7, 11) is -15.2. The molecule has 0 aliphatic carbocycles. The lowest BCUT2D eigenvalue weighted by Crippen LogP contribution is -3.12. The molecule has 0 spiro atoms. The number of rotatable bonds is 6. The van der Waals surface area contributed by atoms with E-state index in [0.29, 0.717) is 4.13 Å². The van der Waals surface area contributed by atoms with E-state index in [1.807, 2.05) is 4.90 Å². The van der Waals surface area contributed by atoms with E-state index >= 15 is 0 Å². The summed E-state index contributed by atoms with van der Waals surface area (Å²) in [6, 6.07) is 0. The van der Waals surface area contributed by atoms with Crippen LogP contribution in [0.15, 0.2) is 0 Å². The molecule has 1 aliphatic rings. The standard InChI is InChI=1S/C8H17N.C4F10NO4S2/c1-2-6-9-7-4-3-5-8-9;5-1(6,7)3(11,12)20(16,17)15-21(18,19)4(13,14)2(8,9)10/h2-8H2,1H3;/q;-1/p+1. The maximum Gasteiger partial charge on any atom is 0.467 e. The van der Waals surface area contributed by atoms with Crippen molar-refractivity contribution >= 4 is 20.0 Å². The quantitative estimate of drug-likeness (QED) is 0.560. The van der Waals surface area contributed by atoms with Crippen molar-refractivity contribution in [3.8, 4) is 0 Å². The second kappa shape index (κ2) is 9.72. The van der Waals surface area contributed by atoms with Crippen LogP contribution >= 0.6 is 0 Å². The summed E-state index contributed by atoms with van der Waals surface area (Å²) in [5.41, 5.74) is 0. The molecule has 0 bridgehead atoms. The van der Waals surface area contributed by atoms with Crippen LogP contribution in [0, 0.1) is 0 Å². The molecule has 0 aromatic heterocycles. The lowest BCUT2D eigenvalue weighted by atomic mass is 10.1. The molecule has 0 radical (unpaired) electrons. The van der Waals surface area contributed by atoms with Crippen molar-refractivity contribution in [2.45, 2.75) is 55.5 Å². The van der Waals surface area contributed by atoms with E-state index in [-0.39, 0.29) is 0 Å². The van der Waals surface area contributed by atoms with Crippen LogP contribution < -0.4 is 4.90 Å². The highest BCUT2D eigenvalue weighted by molar-refractivity contribution is 8.13. The van der Waals surface area contributed by atoms with Gasteiger partial charge in [0.2, 0.25) is 0 Å². The molecule has 1 heterocycles. The van der Waals surface area contributed by atoms with Gasteiger partial charge in [0.25, 0.3) is 0 Å². The first-order valence-corrected chi connectivity index (χ1v) is 11.0. The van der Waals surface area contributed by atoms with Gasteiger partial charge in [-0.05, 0) is 25.7 Å². The number of piperidine rings is 1. The number of nitrogens with zero attached hydrogens (tertiary/aromatic N) is 1. The minimum atomic E-state index is -7.62. The van der Waals surface area contributed by atoms with Gasteiger partial charge < -0.3 is 9.03 Å². The zero-order valence-electron chi connectivity index (χ0n) is 15.1. The molecule has 182 valence electrons. The van der Waals surface area contributed by atoms with Crippen molar-refractivity contribution in [2.24, 2.45) is 0 Å². The normalized spacial score (nSPS) is 18.0. The van der Waals surface area contributed by atoms with Gasteiger partial charge in [-0.3, -0.25) is 0 Å². The number of sulfonamides is 2. The van der Waals surface area contributed by atoms with Crippen LogP contribution in [0.25, 0.3) is 4.13 Å². The Hall–Kier alpha value is -0.880. The molecule has 30 heavy (non-hydrogen) atoms.